The lowest BCUT2D eigenvalue weighted by Crippen LogP contribution is -2.18. The lowest BCUT2D eigenvalue weighted by molar-refractivity contribution is 0.102. The van der Waals surface area contributed by atoms with Crippen LogP contribution in [0.2, 0.25) is 0 Å². The minimum Gasteiger partial charge on any atom is -0.322 e. The smallest absolute Gasteiger partial charge is 0.255 e. The molecule has 7 heteroatoms. The summed E-state index contributed by atoms with van der Waals surface area (Å²) in [5.41, 5.74) is 1.03. The zero-order valence-electron chi connectivity index (χ0n) is 11.1. The third-order valence-corrected chi connectivity index (χ3v) is 4.70. The summed E-state index contributed by atoms with van der Waals surface area (Å²) in [6.45, 7) is 0. The van der Waals surface area contributed by atoms with Gasteiger partial charge in [-0.25, -0.2) is 13.1 Å². The minimum atomic E-state index is -3.47. The number of nitrogens with one attached hydrogen (secondary N) is 2. The first-order valence-corrected chi connectivity index (χ1v) is 8.30. The number of rotatable bonds is 4. The first-order chi connectivity index (χ1) is 9.92. The molecule has 0 saturated heterocycles. The molecule has 5 nitrogen and oxygen atoms in total. The largest absolute Gasteiger partial charge is 0.322 e. The second-order valence-corrected chi connectivity index (χ2v) is 7.00. The average molecular weight is 369 g/mol. The Morgan fingerprint density at radius 1 is 1.10 bits per heavy atom. The number of benzene rings is 2. The molecule has 2 aromatic rings. The highest BCUT2D eigenvalue weighted by Crippen LogP contribution is 2.16. The van der Waals surface area contributed by atoms with Gasteiger partial charge in [-0.15, -0.1) is 0 Å². The molecule has 0 heterocycles. The zero-order valence-corrected chi connectivity index (χ0v) is 13.5. The molecule has 0 radical (unpaired) electrons. The summed E-state index contributed by atoms with van der Waals surface area (Å²) in [5.74, 6) is -0.263. The average Bonchev–Trinajstić information content (AvgIpc) is 2.48. The van der Waals surface area contributed by atoms with Gasteiger partial charge in [-0.1, -0.05) is 22.0 Å². The number of hydrogen-bond acceptors (Lipinski definition) is 3. The molecule has 110 valence electrons. The number of halogens is 1. The Balaban J connectivity index is 2.16. The maximum absolute atomic E-state index is 12.0. The monoisotopic (exact) mass is 368 g/mol. The summed E-state index contributed by atoms with van der Waals surface area (Å²) in [6, 6.07) is 12.9. The highest BCUT2D eigenvalue weighted by atomic mass is 79.9. The number of carbonyl (C=O) groups excluding carboxylic acids is 1. The summed E-state index contributed by atoms with van der Waals surface area (Å²) >= 11 is 3.30. The van der Waals surface area contributed by atoms with Crippen LogP contribution in [0.5, 0.6) is 0 Å². The highest BCUT2D eigenvalue weighted by molar-refractivity contribution is 9.10. The molecule has 0 aromatic heterocycles. The summed E-state index contributed by atoms with van der Waals surface area (Å²) in [7, 11) is -2.12. The van der Waals surface area contributed by atoms with Crippen molar-refractivity contribution in [2.75, 3.05) is 12.4 Å². The van der Waals surface area contributed by atoms with Crippen molar-refractivity contribution in [2.24, 2.45) is 0 Å². The molecular weight excluding hydrogens is 356 g/mol. The van der Waals surface area contributed by atoms with Gasteiger partial charge in [-0.3, -0.25) is 4.79 Å². The standard InChI is InChI=1S/C14H13BrN2O3S/c1-16-21(19,20)13-7-5-12(6-8-13)17-14(18)10-3-2-4-11(15)9-10/h2-9,16H,1H3,(H,17,18). The van der Waals surface area contributed by atoms with Crippen molar-refractivity contribution in [3.8, 4) is 0 Å². The van der Waals surface area contributed by atoms with Gasteiger partial charge in [0.2, 0.25) is 10.0 Å². The van der Waals surface area contributed by atoms with Crippen molar-refractivity contribution >= 4 is 37.5 Å². The molecule has 0 aliphatic carbocycles. The molecule has 2 rings (SSSR count). The summed E-state index contributed by atoms with van der Waals surface area (Å²) in [5, 5.41) is 2.71. The molecule has 0 saturated carbocycles. The van der Waals surface area contributed by atoms with Gasteiger partial charge in [0.05, 0.1) is 4.90 Å². The number of sulfonamides is 1. The van der Waals surface area contributed by atoms with E-state index in [1.165, 1.54) is 19.2 Å². The molecule has 2 N–H and O–H groups in total. The van der Waals surface area contributed by atoms with Crippen LogP contribution in [0, 0.1) is 0 Å². The molecule has 2 aromatic carbocycles. The van der Waals surface area contributed by atoms with E-state index in [2.05, 4.69) is 26.0 Å². The van der Waals surface area contributed by atoms with Crippen LogP contribution in [0.15, 0.2) is 57.9 Å². The van der Waals surface area contributed by atoms with Crippen molar-refractivity contribution in [1.82, 2.24) is 4.72 Å². The fourth-order valence-corrected chi connectivity index (χ4v) is 2.80. The fraction of sp³-hybridized carbons (Fsp3) is 0.0714. The predicted octanol–water partition coefficient (Wildman–Crippen LogP) is 2.61. The molecule has 0 fully saturated rings. The quantitative estimate of drug-likeness (QED) is 0.870. The van der Waals surface area contributed by atoms with Gasteiger partial charge in [-0.05, 0) is 49.5 Å². The van der Waals surface area contributed by atoms with Gasteiger partial charge < -0.3 is 5.32 Å². The summed E-state index contributed by atoms with van der Waals surface area (Å²) in [6.07, 6.45) is 0. The first kappa shape index (κ1) is 15.7. The molecule has 1 amide bonds. The lowest BCUT2D eigenvalue weighted by atomic mass is 10.2. The molecular formula is C14H13BrN2O3S. The van der Waals surface area contributed by atoms with E-state index >= 15 is 0 Å². The van der Waals surface area contributed by atoms with Crippen LogP contribution in [-0.4, -0.2) is 21.4 Å². The van der Waals surface area contributed by atoms with Crippen LogP contribution in [0.1, 0.15) is 10.4 Å². The van der Waals surface area contributed by atoms with Crippen LogP contribution >= 0.6 is 15.9 Å². The number of anilines is 1. The second kappa shape index (κ2) is 6.38. The number of hydrogen-bond donors (Lipinski definition) is 2. The molecule has 21 heavy (non-hydrogen) atoms. The van der Waals surface area contributed by atoms with E-state index in [0.29, 0.717) is 11.3 Å². The van der Waals surface area contributed by atoms with E-state index in [-0.39, 0.29) is 10.8 Å². The second-order valence-electron chi connectivity index (χ2n) is 4.20. The zero-order chi connectivity index (χ0) is 15.5. The van der Waals surface area contributed by atoms with Crippen molar-refractivity contribution in [1.29, 1.82) is 0 Å². The third kappa shape index (κ3) is 3.90. The molecule has 0 unspecified atom stereocenters. The topological polar surface area (TPSA) is 75.3 Å². The van der Waals surface area contributed by atoms with Crippen molar-refractivity contribution < 1.29 is 13.2 Å². The number of amides is 1. The predicted molar refractivity (Wildman–Crippen MR) is 84.8 cm³/mol. The van der Waals surface area contributed by atoms with E-state index in [9.17, 15) is 13.2 Å². The summed E-state index contributed by atoms with van der Waals surface area (Å²) in [4.78, 5) is 12.2. The lowest BCUT2D eigenvalue weighted by Gasteiger charge is -2.07. The van der Waals surface area contributed by atoms with E-state index in [1.807, 2.05) is 6.07 Å². The van der Waals surface area contributed by atoms with Gasteiger partial charge in [0.1, 0.15) is 0 Å². The highest BCUT2D eigenvalue weighted by Gasteiger charge is 2.11. The first-order valence-electron chi connectivity index (χ1n) is 6.03. The Kier molecular flexibility index (Phi) is 4.76. The fourth-order valence-electron chi connectivity index (χ4n) is 1.67. The molecule has 0 atom stereocenters. The molecule has 0 spiro atoms. The van der Waals surface area contributed by atoms with Gasteiger partial charge >= 0.3 is 0 Å². The van der Waals surface area contributed by atoms with E-state index in [1.54, 1.807) is 30.3 Å². The Labute approximate surface area is 131 Å². The van der Waals surface area contributed by atoms with Gasteiger partial charge in [0.15, 0.2) is 0 Å². The van der Waals surface area contributed by atoms with E-state index < -0.39 is 10.0 Å². The normalized spacial score (nSPS) is 11.1. The van der Waals surface area contributed by atoms with E-state index in [4.69, 9.17) is 0 Å². The van der Waals surface area contributed by atoms with Crippen molar-refractivity contribution in [3.63, 3.8) is 0 Å². The minimum absolute atomic E-state index is 0.144. The molecule has 0 bridgehead atoms. The van der Waals surface area contributed by atoms with Crippen LogP contribution in [0.4, 0.5) is 5.69 Å². The van der Waals surface area contributed by atoms with Gasteiger partial charge in [-0.2, -0.15) is 0 Å². The van der Waals surface area contributed by atoms with Gasteiger partial charge in [0.25, 0.3) is 5.91 Å². The Morgan fingerprint density at radius 3 is 2.33 bits per heavy atom. The Hall–Kier alpha value is -1.70. The third-order valence-electron chi connectivity index (χ3n) is 2.78. The van der Waals surface area contributed by atoms with Crippen molar-refractivity contribution in [2.45, 2.75) is 4.90 Å². The van der Waals surface area contributed by atoms with Crippen LogP contribution < -0.4 is 10.0 Å². The maximum Gasteiger partial charge on any atom is 0.255 e. The summed E-state index contributed by atoms with van der Waals surface area (Å²) < 4.78 is 26.2. The number of carbonyl (C=O) groups is 1. The Bertz CT molecular complexity index is 758. The van der Waals surface area contributed by atoms with E-state index in [0.717, 1.165) is 4.47 Å². The van der Waals surface area contributed by atoms with Crippen LogP contribution in [0.3, 0.4) is 0 Å². The van der Waals surface area contributed by atoms with Gasteiger partial charge in [0, 0.05) is 15.7 Å². The Morgan fingerprint density at radius 2 is 1.76 bits per heavy atom. The SMILES string of the molecule is CNS(=O)(=O)c1ccc(NC(=O)c2cccc(Br)c2)cc1. The van der Waals surface area contributed by atoms with Crippen molar-refractivity contribution in [3.05, 3.63) is 58.6 Å². The maximum atomic E-state index is 12.0. The molecule has 0 aliphatic heterocycles. The van der Waals surface area contributed by atoms with Crippen LogP contribution in [-0.2, 0) is 10.0 Å². The van der Waals surface area contributed by atoms with Crippen LogP contribution in [0.25, 0.3) is 0 Å². The molecule has 0 aliphatic rings.